The molecule has 0 radical (unpaired) electrons. The summed E-state index contributed by atoms with van der Waals surface area (Å²) in [4.78, 5) is 0. The van der Waals surface area contributed by atoms with E-state index >= 15 is 0 Å². The standard InChI is InChI=1S/C28H21F3O/c1-32-18-21-6-10-23(28(31)16-21)9-4-20-3-8-22(27(30)15-20)7-2-19-5-11-25-17-26(29)13-12-24(25)14-19/h3,5-6,8,10-17H,4,9,18H2,1H3. The Morgan fingerprint density at radius 1 is 0.688 bits per heavy atom. The van der Waals surface area contributed by atoms with Gasteiger partial charge in [-0.05, 0) is 82.8 Å². The van der Waals surface area contributed by atoms with E-state index in [1.165, 1.54) is 24.3 Å². The molecule has 1 nitrogen and oxygen atoms in total. The fourth-order valence-electron chi connectivity index (χ4n) is 3.58. The highest BCUT2D eigenvalue weighted by molar-refractivity contribution is 5.84. The van der Waals surface area contributed by atoms with Gasteiger partial charge < -0.3 is 4.74 Å². The zero-order valence-corrected chi connectivity index (χ0v) is 17.6. The summed E-state index contributed by atoms with van der Waals surface area (Å²) in [5.41, 5.74) is 3.16. The normalized spacial score (nSPS) is 10.8. The minimum atomic E-state index is -0.409. The molecule has 0 unspecified atom stereocenters. The van der Waals surface area contributed by atoms with Crippen LogP contribution in [0.3, 0.4) is 0 Å². The van der Waals surface area contributed by atoms with E-state index < -0.39 is 5.82 Å². The first-order valence-corrected chi connectivity index (χ1v) is 10.3. The second kappa shape index (κ2) is 9.72. The van der Waals surface area contributed by atoms with Crippen molar-refractivity contribution in [2.45, 2.75) is 19.4 Å². The maximum Gasteiger partial charge on any atom is 0.139 e. The number of aryl methyl sites for hydroxylation is 2. The van der Waals surface area contributed by atoms with Crippen LogP contribution in [0.4, 0.5) is 13.2 Å². The predicted octanol–water partition coefficient (Wildman–Crippen LogP) is 6.59. The fourth-order valence-corrected chi connectivity index (χ4v) is 3.58. The van der Waals surface area contributed by atoms with Gasteiger partial charge in [0.2, 0.25) is 0 Å². The highest BCUT2D eigenvalue weighted by Gasteiger charge is 2.07. The van der Waals surface area contributed by atoms with Crippen molar-refractivity contribution in [2.75, 3.05) is 7.11 Å². The van der Waals surface area contributed by atoms with E-state index in [0.717, 1.165) is 27.5 Å². The van der Waals surface area contributed by atoms with Crippen molar-refractivity contribution in [3.05, 3.63) is 118 Å². The second-order valence-corrected chi connectivity index (χ2v) is 7.63. The average Bonchev–Trinajstić information content (AvgIpc) is 2.78. The van der Waals surface area contributed by atoms with Crippen molar-refractivity contribution in [1.82, 2.24) is 0 Å². The maximum absolute atomic E-state index is 14.6. The SMILES string of the molecule is COCc1ccc(CCc2ccc(C#Cc3ccc4cc(F)ccc4c3)c(F)c2)c(F)c1. The van der Waals surface area contributed by atoms with Gasteiger partial charge in [-0.2, -0.15) is 0 Å². The van der Waals surface area contributed by atoms with Gasteiger partial charge in [-0.25, -0.2) is 13.2 Å². The number of benzene rings is 4. The molecule has 160 valence electrons. The Morgan fingerprint density at radius 3 is 2.22 bits per heavy atom. The molecular weight excluding hydrogens is 409 g/mol. The number of methoxy groups -OCH3 is 1. The Morgan fingerprint density at radius 2 is 1.44 bits per heavy atom. The minimum absolute atomic E-state index is 0.277. The van der Waals surface area contributed by atoms with Crippen LogP contribution in [0.2, 0.25) is 0 Å². The molecule has 0 spiro atoms. The van der Waals surface area contributed by atoms with E-state index in [0.29, 0.717) is 30.6 Å². The summed E-state index contributed by atoms with van der Waals surface area (Å²) in [6.45, 7) is 0.364. The lowest BCUT2D eigenvalue weighted by atomic mass is 10.0. The van der Waals surface area contributed by atoms with Gasteiger partial charge in [0.15, 0.2) is 0 Å². The Kier molecular flexibility index (Phi) is 6.58. The molecule has 0 aliphatic heterocycles. The maximum atomic E-state index is 14.6. The predicted molar refractivity (Wildman–Crippen MR) is 121 cm³/mol. The Bertz CT molecular complexity index is 1330. The second-order valence-electron chi connectivity index (χ2n) is 7.63. The fraction of sp³-hybridized carbons (Fsp3) is 0.143. The lowest BCUT2D eigenvalue weighted by Gasteiger charge is -2.07. The lowest BCUT2D eigenvalue weighted by Crippen LogP contribution is -1.98. The zero-order valence-electron chi connectivity index (χ0n) is 17.6. The average molecular weight is 430 g/mol. The van der Waals surface area contributed by atoms with E-state index in [2.05, 4.69) is 11.8 Å². The third kappa shape index (κ3) is 5.19. The Balaban J connectivity index is 1.45. The summed E-state index contributed by atoms with van der Waals surface area (Å²) >= 11 is 0. The van der Waals surface area contributed by atoms with E-state index in [4.69, 9.17) is 4.74 Å². The molecule has 4 aromatic carbocycles. The van der Waals surface area contributed by atoms with Crippen molar-refractivity contribution in [1.29, 1.82) is 0 Å². The molecule has 0 amide bonds. The van der Waals surface area contributed by atoms with E-state index in [-0.39, 0.29) is 11.6 Å². The van der Waals surface area contributed by atoms with Gasteiger partial charge in [0.1, 0.15) is 17.5 Å². The van der Waals surface area contributed by atoms with Crippen LogP contribution in [-0.2, 0) is 24.2 Å². The molecule has 0 saturated carbocycles. The molecule has 0 aromatic heterocycles. The number of ether oxygens (including phenoxy) is 1. The smallest absolute Gasteiger partial charge is 0.139 e. The molecule has 0 fully saturated rings. The largest absolute Gasteiger partial charge is 0.380 e. The van der Waals surface area contributed by atoms with Crippen LogP contribution in [0.1, 0.15) is 27.8 Å². The summed E-state index contributed by atoms with van der Waals surface area (Å²) in [5, 5.41) is 1.66. The summed E-state index contributed by atoms with van der Waals surface area (Å²) in [6.07, 6.45) is 0.994. The van der Waals surface area contributed by atoms with Crippen LogP contribution >= 0.6 is 0 Å². The molecular formula is C28H21F3O. The molecule has 0 aliphatic carbocycles. The molecule has 0 heterocycles. The molecule has 0 bridgehead atoms. The molecule has 4 aromatic rings. The Hall–Kier alpha value is -3.55. The topological polar surface area (TPSA) is 9.23 Å². The third-order valence-electron chi connectivity index (χ3n) is 5.29. The van der Waals surface area contributed by atoms with Crippen LogP contribution in [0, 0.1) is 29.3 Å². The van der Waals surface area contributed by atoms with E-state index in [1.807, 2.05) is 18.2 Å². The summed E-state index contributed by atoms with van der Waals surface area (Å²) in [6, 6.07) is 20.0. The van der Waals surface area contributed by atoms with Crippen LogP contribution in [-0.4, -0.2) is 7.11 Å². The Labute approximate surface area is 185 Å². The lowest BCUT2D eigenvalue weighted by molar-refractivity contribution is 0.184. The summed E-state index contributed by atoms with van der Waals surface area (Å²) in [7, 11) is 1.57. The number of hydrogen-bond acceptors (Lipinski definition) is 1. The van der Waals surface area contributed by atoms with Crippen molar-refractivity contribution >= 4 is 10.8 Å². The quantitative estimate of drug-likeness (QED) is 0.325. The van der Waals surface area contributed by atoms with Gasteiger partial charge in [0, 0.05) is 12.7 Å². The number of hydrogen-bond donors (Lipinski definition) is 0. The van der Waals surface area contributed by atoms with Crippen LogP contribution in [0.5, 0.6) is 0 Å². The highest BCUT2D eigenvalue weighted by atomic mass is 19.1. The molecule has 0 atom stereocenters. The van der Waals surface area contributed by atoms with Gasteiger partial charge in [-0.15, -0.1) is 0 Å². The molecule has 0 N–H and O–H groups in total. The molecule has 4 heteroatoms. The van der Waals surface area contributed by atoms with Crippen LogP contribution in [0.25, 0.3) is 10.8 Å². The molecule has 0 saturated heterocycles. The van der Waals surface area contributed by atoms with Crippen molar-refractivity contribution in [3.8, 4) is 11.8 Å². The monoisotopic (exact) mass is 430 g/mol. The van der Waals surface area contributed by atoms with Crippen molar-refractivity contribution in [3.63, 3.8) is 0 Å². The first-order valence-electron chi connectivity index (χ1n) is 10.3. The number of rotatable bonds is 5. The number of halogens is 3. The van der Waals surface area contributed by atoms with Crippen LogP contribution in [0.15, 0.2) is 72.8 Å². The van der Waals surface area contributed by atoms with Gasteiger partial charge in [-0.1, -0.05) is 42.2 Å². The summed E-state index contributed by atoms with van der Waals surface area (Å²) < 4.78 is 47.1. The van der Waals surface area contributed by atoms with Gasteiger partial charge in [0.25, 0.3) is 0 Å². The highest BCUT2D eigenvalue weighted by Crippen LogP contribution is 2.18. The van der Waals surface area contributed by atoms with Crippen molar-refractivity contribution in [2.24, 2.45) is 0 Å². The molecule has 4 rings (SSSR count). The zero-order chi connectivity index (χ0) is 22.5. The number of fused-ring (bicyclic) bond motifs is 1. The van der Waals surface area contributed by atoms with Gasteiger partial charge in [0.05, 0.1) is 12.2 Å². The third-order valence-corrected chi connectivity index (χ3v) is 5.29. The first-order chi connectivity index (χ1) is 15.5. The van der Waals surface area contributed by atoms with Gasteiger partial charge in [-0.3, -0.25) is 0 Å². The van der Waals surface area contributed by atoms with Gasteiger partial charge >= 0.3 is 0 Å². The summed E-state index contributed by atoms with van der Waals surface area (Å²) in [5.74, 6) is 4.85. The van der Waals surface area contributed by atoms with E-state index in [1.54, 1.807) is 37.4 Å². The molecule has 32 heavy (non-hydrogen) atoms. The molecule has 0 aliphatic rings. The van der Waals surface area contributed by atoms with Crippen molar-refractivity contribution < 1.29 is 17.9 Å². The minimum Gasteiger partial charge on any atom is -0.380 e. The van der Waals surface area contributed by atoms with E-state index in [9.17, 15) is 13.2 Å². The van der Waals surface area contributed by atoms with Crippen LogP contribution < -0.4 is 0 Å². The first kappa shape index (κ1) is 21.7.